The molecule has 102 valence electrons. The molecule has 1 aliphatic rings. The minimum absolute atomic E-state index is 0.0969. The van der Waals surface area contributed by atoms with E-state index in [1.54, 1.807) is 10.7 Å². The van der Waals surface area contributed by atoms with Crippen molar-refractivity contribution in [1.82, 2.24) is 14.6 Å². The van der Waals surface area contributed by atoms with Crippen LogP contribution in [0.5, 0.6) is 0 Å². The average Bonchev–Trinajstić information content (AvgIpc) is 2.93. The van der Waals surface area contributed by atoms with Crippen LogP contribution in [0.2, 0.25) is 0 Å². The number of hydrogen-bond acceptors (Lipinski definition) is 5. The summed E-state index contributed by atoms with van der Waals surface area (Å²) < 4.78 is 7.33. The maximum Gasteiger partial charge on any atom is 0.157 e. The molecular weight excluding hydrogens is 244 g/mol. The smallest absolute Gasteiger partial charge is 0.157 e. The third-order valence-corrected chi connectivity index (χ3v) is 3.45. The number of ether oxygens (including phenoxy) is 1. The van der Waals surface area contributed by atoms with Gasteiger partial charge in [-0.2, -0.15) is 5.10 Å². The molecule has 0 aliphatic carbocycles. The van der Waals surface area contributed by atoms with Crippen LogP contribution in [0.4, 0.5) is 5.82 Å². The molecule has 3 heterocycles. The Kier molecular flexibility index (Phi) is 3.61. The molecule has 1 aliphatic heterocycles. The maximum absolute atomic E-state index is 8.75. The van der Waals surface area contributed by atoms with Crippen LogP contribution in [0.15, 0.2) is 24.5 Å². The highest BCUT2D eigenvalue weighted by Gasteiger charge is 2.20. The number of anilines is 1. The first kappa shape index (κ1) is 12.4. The molecule has 0 saturated carbocycles. The molecule has 3 rings (SSSR count). The van der Waals surface area contributed by atoms with Crippen molar-refractivity contribution in [2.45, 2.75) is 18.9 Å². The van der Waals surface area contributed by atoms with E-state index in [-0.39, 0.29) is 12.7 Å². The molecule has 2 aromatic rings. The van der Waals surface area contributed by atoms with Crippen LogP contribution in [0.1, 0.15) is 12.8 Å². The Hall–Kier alpha value is -1.66. The van der Waals surface area contributed by atoms with E-state index in [0.29, 0.717) is 6.61 Å². The van der Waals surface area contributed by atoms with Crippen molar-refractivity contribution in [1.29, 1.82) is 0 Å². The van der Waals surface area contributed by atoms with Crippen molar-refractivity contribution < 1.29 is 9.84 Å². The normalized spacial score (nSPS) is 17.2. The molecule has 6 heteroatoms. The second kappa shape index (κ2) is 5.54. The number of aliphatic hydroxyl groups excluding tert-OH is 1. The van der Waals surface area contributed by atoms with Crippen LogP contribution in [-0.2, 0) is 4.74 Å². The molecule has 1 fully saturated rings. The number of nitrogens with zero attached hydrogens (tertiary/aromatic N) is 4. The Morgan fingerprint density at radius 1 is 1.32 bits per heavy atom. The lowest BCUT2D eigenvalue weighted by Crippen LogP contribution is -2.37. The van der Waals surface area contributed by atoms with Gasteiger partial charge in [0, 0.05) is 25.4 Å². The van der Waals surface area contributed by atoms with Gasteiger partial charge >= 0.3 is 0 Å². The number of rotatable bonds is 4. The molecule has 1 saturated heterocycles. The number of aliphatic hydroxyl groups is 1. The Morgan fingerprint density at radius 3 is 2.95 bits per heavy atom. The fraction of sp³-hybridized carbons (Fsp3) is 0.538. The lowest BCUT2D eigenvalue weighted by atomic mass is 10.1. The van der Waals surface area contributed by atoms with Gasteiger partial charge in [-0.3, -0.25) is 0 Å². The van der Waals surface area contributed by atoms with Crippen molar-refractivity contribution in [2.75, 3.05) is 31.2 Å². The highest BCUT2D eigenvalue weighted by molar-refractivity contribution is 5.47. The zero-order chi connectivity index (χ0) is 13.1. The lowest BCUT2D eigenvalue weighted by molar-refractivity contribution is 0.0158. The summed E-state index contributed by atoms with van der Waals surface area (Å²) in [5, 5.41) is 12.9. The van der Waals surface area contributed by atoms with Crippen molar-refractivity contribution in [3.05, 3.63) is 24.5 Å². The van der Waals surface area contributed by atoms with Crippen LogP contribution in [0, 0.1) is 0 Å². The van der Waals surface area contributed by atoms with Crippen molar-refractivity contribution in [3.63, 3.8) is 0 Å². The van der Waals surface area contributed by atoms with Crippen LogP contribution >= 0.6 is 0 Å². The van der Waals surface area contributed by atoms with Crippen molar-refractivity contribution in [2.24, 2.45) is 0 Å². The first-order chi connectivity index (χ1) is 9.36. The van der Waals surface area contributed by atoms with Crippen LogP contribution < -0.4 is 4.90 Å². The Morgan fingerprint density at radius 2 is 2.16 bits per heavy atom. The van der Waals surface area contributed by atoms with Gasteiger partial charge in [-0.15, -0.1) is 0 Å². The molecule has 19 heavy (non-hydrogen) atoms. The van der Waals surface area contributed by atoms with E-state index in [9.17, 15) is 0 Å². The molecular formula is C13H18N4O2. The van der Waals surface area contributed by atoms with Gasteiger partial charge in [-0.05, 0) is 18.9 Å². The first-order valence-electron chi connectivity index (χ1n) is 6.64. The Balaban J connectivity index is 1.64. The summed E-state index contributed by atoms with van der Waals surface area (Å²) in [5.41, 5.74) is 0.871. The molecule has 0 bridgehead atoms. The van der Waals surface area contributed by atoms with E-state index in [0.717, 1.165) is 37.4 Å². The Bertz CT molecular complexity index is 534. The first-order valence-corrected chi connectivity index (χ1v) is 6.64. The summed E-state index contributed by atoms with van der Waals surface area (Å²) in [4.78, 5) is 6.86. The standard InChI is InChI=1S/C13H18N4O2/c18-9-10-19-11-2-6-16(7-3-11)12-4-8-17-13(15-12)1-5-14-17/h1,4-5,8,11,18H,2-3,6-7,9-10H2. The molecule has 1 N–H and O–H groups in total. The highest BCUT2D eigenvalue weighted by atomic mass is 16.5. The molecule has 0 spiro atoms. The molecule has 0 atom stereocenters. The number of aromatic nitrogens is 3. The quantitative estimate of drug-likeness (QED) is 0.879. The van der Waals surface area contributed by atoms with Gasteiger partial charge in [-0.25, -0.2) is 9.50 Å². The predicted octanol–water partition coefficient (Wildman–Crippen LogP) is 0.707. The SMILES string of the molecule is OCCOC1CCN(c2ccn3nccc3n2)CC1. The lowest BCUT2D eigenvalue weighted by Gasteiger charge is -2.32. The van der Waals surface area contributed by atoms with Crippen LogP contribution in [-0.4, -0.2) is 52.1 Å². The minimum atomic E-state index is 0.0969. The number of fused-ring (bicyclic) bond motifs is 1. The predicted molar refractivity (Wildman–Crippen MR) is 71.3 cm³/mol. The van der Waals surface area contributed by atoms with Gasteiger partial charge in [0.05, 0.1) is 25.5 Å². The van der Waals surface area contributed by atoms with Gasteiger partial charge in [-0.1, -0.05) is 0 Å². The molecule has 0 amide bonds. The maximum atomic E-state index is 8.75. The third kappa shape index (κ3) is 2.69. The second-order valence-corrected chi connectivity index (χ2v) is 4.70. The molecule has 2 aromatic heterocycles. The summed E-state index contributed by atoms with van der Waals surface area (Å²) in [5.74, 6) is 0.994. The van der Waals surface area contributed by atoms with Gasteiger partial charge in [0.1, 0.15) is 5.82 Å². The zero-order valence-corrected chi connectivity index (χ0v) is 10.8. The molecule has 0 aromatic carbocycles. The minimum Gasteiger partial charge on any atom is -0.394 e. The van der Waals surface area contributed by atoms with E-state index in [1.807, 2.05) is 18.3 Å². The zero-order valence-electron chi connectivity index (χ0n) is 10.8. The summed E-state index contributed by atoms with van der Waals surface area (Å²) in [7, 11) is 0. The fourth-order valence-corrected chi connectivity index (χ4v) is 2.45. The van der Waals surface area contributed by atoms with E-state index in [2.05, 4.69) is 15.0 Å². The monoisotopic (exact) mass is 262 g/mol. The van der Waals surface area contributed by atoms with Gasteiger partial charge < -0.3 is 14.7 Å². The average molecular weight is 262 g/mol. The fourth-order valence-electron chi connectivity index (χ4n) is 2.45. The molecule has 6 nitrogen and oxygen atoms in total. The van der Waals surface area contributed by atoms with Gasteiger partial charge in [0.2, 0.25) is 0 Å². The van der Waals surface area contributed by atoms with Gasteiger partial charge in [0.25, 0.3) is 0 Å². The second-order valence-electron chi connectivity index (χ2n) is 4.70. The van der Waals surface area contributed by atoms with E-state index >= 15 is 0 Å². The highest BCUT2D eigenvalue weighted by Crippen LogP contribution is 2.19. The van der Waals surface area contributed by atoms with E-state index in [4.69, 9.17) is 9.84 Å². The Labute approximate surface area is 111 Å². The van der Waals surface area contributed by atoms with E-state index < -0.39 is 0 Å². The number of hydrogen-bond donors (Lipinski definition) is 1. The molecule has 0 radical (unpaired) electrons. The number of piperidine rings is 1. The van der Waals surface area contributed by atoms with Crippen molar-refractivity contribution >= 4 is 11.5 Å². The largest absolute Gasteiger partial charge is 0.394 e. The summed E-state index contributed by atoms with van der Waals surface area (Å²) >= 11 is 0. The topological polar surface area (TPSA) is 62.9 Å². The molecule has 0 unspecified atom stereocenters. The summed E-state index contributed by atoms with van der Waals surface area (Å²) in [6.07, 6.45) is 5.91. The van der Waals surface area contributed by atoms with Crippen LogP contribution in [0.3, 0.4) is 0 Å². The van der Waals surface area contributed by atoms with Crippen molar-refractivity contribution in [3.8, 4) is 0 Å². The summed E-state index contributed by atoms with van der Waals surface area (Å²) in [6, 6.07) is 3.90. The summed E-state index contributed by atoms with van der Waals surface area (Å²) in [6.45, 7) is 2.41. The van der Waals surface area contributed by atoms with Gasteiger partial charge in [0.15, 0.2) is 5.65 Å². The van der Waals surface area contributed by atoms with Crippen LogP contribution in [0.25, 0.3) is 5.65 Å². The van der Waals surface area contributed by atoms with E-state index in [1.165, 1.54) is 0 Å². The third-order valence-electron chi connectivity index (χ3n) is 3.45.